The summed E-state index contributed by atoms with van der Waals surface area (Å²) in [6.07, 6.45) is 1.65. The van der Waals surface area contributed by atoms with Crippen molar-refractivity contribution in [1.29, 1.82) is 0 Å². The zero-order chi connectivity index (χ0) is 23.1. The molecule has 0 spiro atoms. The molecule has 7 heteroatoms. The van der Waals surface area contributed by atoms with Gasteiger partial charge in [-0.1, -0.05) is 36.4 Å². The fourth-order valence-electron chi connectivity index (χ4n) is 5.12. The van der Waals surface area contributed by atoms with Gasteiger partial charge < -0.3 is 19.5 Å². The largest absolute Gasteiger partial charge is 0.504 e. The average Bonchev–Trinajstić information content (AvgIpc) is 3.08. The maximum atomic E-state index is 13.7. The Labute approximate surface area is 197 Å². The number of hydrogen-bond acceptors (Lipinski definition) is 5. The summed E-state index contributed by atoms with van der Waals surface area (Å²) in [6, 6.07) is 14.0. The van der Waals surface area contributed by atoms with Crippen LogP contribution in [-0.2, 0) is 20.9 Å². The number of fused-ring (bicyclic) bond motifs is 1. The number of rotatable bonds is 5. The molecule has 1 N–H and O–H groups in total. The van der Waals surface area contributed by atoms with Gasteiger partial charge in [-0.2, -0.15) is 0 Å². The number of carbonyl (C=O) groups excluding carboxylic acids is 2. The number of ketones is 1. The van der Waals surface area contributed by atoms with E-state index in [0.29, 0.717) is 42.9 Å². The summed E-state index contributed by atoms with van der Waals surface area (Å²) in [4.78, 5) is 29.0. The number of phenols is 1. The van der Waals surface area contributed by atoms with Gasteiger partial charge in [0.15, 0.2) is 23.0 Å². The summed E-state index contributed by atoms with van der Waals surface area (Å²) >= 11 is 6.39. The molecule has 4 unspecified atom stereocenters. The lowest BCUT2D eigenvalue weighted by Gasteiger charge is -2.37. The zero-order valence-corrected chi connectivity index (χ0v) is 19.1. The minimum absolute atomic E-state index is 0.0114. The van der Waals surface area contributed by atoms with Crippen molar-refractivity contribution in [2.24, 2.45) is 5.92 Å². The quantitative estimate of drug-likeness (QED) is 0.655. The SMILES string of the molecule is CCOc1cc(C2C3=C(OC4CCC(Cl)CC4C3=O)C(=O)N2Cc2ccccc2)ccc1O. The van der Waals surface area contributed by atoms with Crippen LogP contribution >= 0.6 is 11.6 Å². The van der Waals surface area contributed by atoms with Crippen molar-refractivity contribution in [3.8, 4) is 11.5 Å². The van der Waals surface area contributed by atoms with Crippen LogP contribution < -0.4 is 4.74 Å². The van der Waals surface area contributed by atoms with Crippen molar-refractivity contribution in [2.45, 2.75) is 50.3 Å². The molecule has 1 amide bonds. The van der Waals surface area contributed by atoms with Gasteiger partial charge >= 0.3 is 0 Å². The van der Waals surface area contributed by atoms with Crippen molar-refractivity contribution in [2.75, 3.05) is 6.61 Å². The normalized spacial score (nSPS) is 26.7. The maximum Gasteiger partial charge on any atom is 0.290 e. The molecule has 1 fully saturated rings. The highest BCUT2D eigenvalue weighted by atomic mass is 35.5. The molecule has 0 aromatic heterocycles. The summed E-state index contributed by atoms with van der Waals surface area (Å²) in [5.74, 6) is -0.220. The van der Waals surface area contributed by atoms with Crippen LogP contribution in [0.3, 0.4) is 0 Å². The molecule has 0 radical (unpaired) electrons. The second-order valence-electron chi connectivity index (χ2n) is 8.76. The van der Waals surface area contributed by atoms with Gasteiger partial charge in [0.25, 0.3) is 5.91 Å². The number of nitrogens with zero attached hydrogens (tertiary/aromatic N) is 1. The van der Waals surface area contributed by atoms with E-state index in [4.69, 9.17) is 21.1 Å². The molecule has 5 rings (SSSR count). The van der Waals surface area contributed by atoms with E-state index in [1.54, 1.807) is 17.0 Å². The summed E-state index contributed by atoms with van der Waals surface area (Å²) in [7, 11) is 0. The predicted octanol–water partition coefficient (Wildman–Crippen LogP) is 4.50. The van der Waals surface area contributed by atoms with Crippen LogP contribution in [0.25, 0.3) is 0 Å². The molecule has 2 aromatic carbocycles. The third-order valence-corrected chi connectivity index (χ3v) is 7.07. The second kappa shape index (κ2) is 8.75. The first-order chi connectivity index (χ1) is 16.0. The van der Waals surface area contributed by atoms with Gasteiger partial charge in [-0.05, 0) is 49.4 Å². The van der Waals surface area contributed by atoms with E-state index in [1.165, 1.54) is 6.07 Å². The van der Waals surface area contributed by atoms with E-state index >= 15 is 0 Å². The molecule has 33 heavy (non-hydrogen) atoms. The molecule has 172 valence electrons. The predicted molar refractivity (Wildman–Crippen MR) is 123 cm³/mol. The molecule has 2 aromatic rings. The standard InChI is InChI=1S/C26H26ClNO5/c1-2-32-21-12-16(8-10-19(21)29)23-22-24(30)18-13-17(27)9-11-20(18)33-25(22)26(31)28(23)14-15-6-4-3-5-7-15/h3-8,10,12,17-18,20,23,29H,2,9,11,13-14H2,1H3. The molecule has 0 saturated heterocycles. The van der Waals surface area contributed by atoms with Crippen molar-refractivity contribution >= 4 is 23.3 Å². The van der Waals surface area contributed by atoms with Crippen molar-refractivity contribution < 1.29 is 24.2 Å². The number of phenolic OH excluding ortho intramolecular Hbond substituents is 1. The number of aromatic hydroxyl groups is 1. The molecule has 2 heterocycles. The van der Waals surface area contributed by atoms with Crippen molar-refractivity contribution in [3.05, 3.63) is 71.0 Å². The molecular formula is C26H26ClNO5. The number of benzene rings is 2. The van der Waals surface area contributed by atoms with Gasteiger partial charge in [-0.25, -0.2) is 0 Å². The van der Waals surface area contributed by atoms with Crippen molar-refractivity contribution in [1.82, 2.24) is 4.90 Å². The smallest absolute Gasteiger partial charge is 0.290 e. The Kier molecular flexibility index (Phi) is 5.79. The molecule has 2 aliphatic heterocycles. The third kappa shape index (κ3) is 3.86. The number of hydrogen-bond donors (Lipinski definition) is 1. The lowest BCUT2D eigenvalue weighted by Crippen LogP contribution is -2.41. The fourth-order valence-corrected chi connectivity index (χ4v) is 5.44. The van der Waals surface area contributed by atoms with Crippen LogP contribution in [0.1, 0.15) is 43.4 Å². The van der Waals surface area contributed by atoms with E-state index < -0.39 is 6.04 Å². The van der Waals surface area contributed by atoms with Gasteiger partial charge in [-0.15, -0.1) is 11.6 Å². The van der Waals surface area contributed by atoms with Crippen LogP contribution in [0.5, 0.6) is 11.5 Å². The molecule has 6 nitrogen and oxygen atoms in total. The Bertz CT molecular complexity index is 1110. The monoisotopic (exact) mass is 467 g/mol. The summed E-state index contributed by atoms with van der Waals surface area (Å²) in [5, 5.41) is 10.1. The zero-order valence-electron chi connectivity index (χ0n) is 18.4. The highest BCUT2D eigenvalue weighted by molar-refractivity contribution is 6.21. The van der Waals surface area contributed by atoms with Gasteiger partial charge in [0.05, 0.1) is 24.1 Å². The van der Waals surface area contributed by atoms with E-state index in [2.05, 4.69) is 0 Å². The van der Waals surface area contributed by atoms with Crippen LogP contribution in [0, 0.1) is 5.92 Å². The maximum absolute atomic E-state index is 13.7. The number of carbonyl (C=O) groups is 2. The number of halogens is 1. The Morgan fingerprint density at radius 3 is 2.70 bits per heavy atom. The highest BCUT2D eigenvalue weighted by Crippen LogP contribution is 2.48. The number of amides is 1. The molecule has 1 saturated carbocycles. The minimum atomic E-state index is -0.628. The molecule has 4 atom stereocenters. The Balaban J connectivity index is 1.59. The molecule has 0 bridgehead atoms. The van der Waals surface area contributed by atoms with Crippen LogP contribution in [0.2, 0.25) is 0 Å². The first kappa shape index (κ1) is 21.8. The van der Waals surface area contributed by atoms with Gasteiger partial charge in [0.1, 0.15) is 6.10 Å². The Morgan fingerprint density at radius 2 is 1.94 bits per heavy atom. The summed E-state index contributed by atoms with van der Waals surface area (Å²) < 4.78 is 11.8. The summed E-state index contributed by atoms with van der Waals surface area (Å²) in [6.45, 7) is 2.54. The van der Waals surface area contributed by atoms with Gasteiger partial charge in [0.2, 0.25) is 0 Å². The number of alkyl halides is 1. The van der Waals surface area contributed by atoms with Gasteiger partial charge in [-0.3, -0.25) is 9.59 Å². The van der Waals surface area contributed by atoms with Crippen LogP contribution in [0.4, 0.5) is 0 Å². The average molecular weight is 468 g/mol. The second-order valence-corrected chi connectivity index (χ2v) is 9.38. The summed E-state index contributed by atoms with van der Waals surface area (Å²) in [5.41, 5.74) is 2.03. The minimum Gasteiger partial charge on any atom is -0.504 e. The van der Waals surface area contributed by atoms with Crippen molar-refractivity contribution in [3.63, 3.8) is 0 Å². The lowest BCUT2D eigenvalue weighted by molar-refractivity contribution is -0.135. The Morgan fingerprint density at radius 1 is 1.15 bits per heavy atom. The topological polar surface area (TPSA) is 76.1 Å². The van der Waals surface area contributed by atoms with E-state index in [1.807, 2.05) is 37.3 Å². The molecular weight excluding hydrogens is 442 g/mol. The molecule has 1 aliphatic carbocycles. The van der Waals surface area contributed by atoms with E-state index in [-0.39, 0.29) is 40.6 Å². The first-order valence-electron chi connectivity index (χ1n) is 11.4. The van der Waals surface area contributed by atoms with Crippen LogP contribution in [0.15, 0.2) is 59.9 Å². The molecule has 3 aliphatic rings. The first-order valence-corrected chi connectivity index (χ1v) is 11.8. The number of Topliss-reactive ketones (excluding diaryl/α,β-unsaturated/α-hetero) is 1. The fraction of sp³-hybridized carbons (Fsp3) is 0.385. The Hall–Kier alpha value is -2.99. The van der Waals surface area contributed by atoms with Gasteiger partial charge in [0, 0.05) is 11.9 Å². The lowest BCUT2D eigenvalue weighted by atomic mass is 9.77. The number of ether oxygens (including phenoxy) is 2. The highest BCUT2D eigenvalue weighted by Gasteiger charge is 2.52. The third-order valence-electron chi connectivity index (χ3n) is 6.67. The van der Waals surface area contributed by atoms with Crippen LogP contribution in [-0.4, -0.2) is 39.8 Å². The van der Waals surface area contributed by atoms with E-state index in [9.17, 15) is 14.7 Å². The van der Waals surface area contributed by atoms with E-state index in [0.717, 1.165) is 12.0 Å².